The van der Waals surface area contributed by atoms with Gasteiger partial charge in [0.05, 0.1) is 19.8 Å². The maximum atomic E-state index is 12.8. The topological polar surface area (TPSA) is 178 Å². The van der Waals surface area contributed by atoms with Crippen LogP contribution in [0.3, 0.4) is 0 Å². The first-order chi connectivity index (χ1) is 25.1. The molecule has 0 aliphatic carbocycles. The van der Waals surface area contributed by atoms with Gasteiger partial charge in [0.2, 0.25) is 0 Å². The standard InChI is InChI=1S/C39H70O12S/c1-3-5-7-9-11-13-15-16-17-18-20-22-24-26-28-35(41)49-33(31-47-29-27-25-23-21-19-14-12-10-8-6-4-2)32-48-39-37(43)38(51-52(44,45)46)36(42)34(30-40)50-39/h8-11,15-16,33-34,36-40,42-43H,3-7,12-14,17-32H2,1-2H3,(H,44,45,46)/b10-8-,11-9-,16-15-. The summed E-state index contributed by atoms with van der Waals surface area (Å²) in [5.41, 5.74) is 0. The summed E-state index contributed by atoms with van der Waals surface area (Å²) in [7, 11) is -5.06. The summed E-state index contributed by atoms with van der Waals surface area (Å²) in [6.07, 6.45) is 24.7. The van der Waals surface area contributed by atoms with Crippen LogP contribution >= 0.6 is 0 Å². The van der Waals surface area contributed by atoms with Crippen molar-refractivity contribution in [3.8, 4) is 0 Å². The SMILES string of the molecule is CCC/C=C\CCCCCCCCOCC(COC1OC(CO)C(O)C(OS(=O)(=O)O)C1O)OC(=O)CCCCCCC/C=C\C/C=C\CCCC. The van der Waals surface area contributed by atoms with Gasteiger partial charge in [-0.2, -0.15) is 8.42 Å². The van der Waals surface area contributed by atoms with Crippen LogP contribution in [0.2, 0.25) is 0 Å². The van der Waals surface area contributed by atoms with Gasteiger partial charge in [0.25, 0.3) is 0 Å². The Bertz CT molecular complexity index is 1060. The van der Waals surface area contributed by atoms with Crippen LogP contribution < -0.4 is 0 Å². The molecule has 1 fully saturated rings. The second-order valence-electron chi connectivity index (χ2n) is 13.5. The van der Waals surface area contributed by atoms with Crippen molar-refractivity contribution in [3.05, 3.63) is 36.5 Å². The molecule has 0 aromatic carbocycles. The van der Waals surface area contributed by atoms with E-state index in [9.17, 15) is 28.5 Å². The third-order valence-electron chi connectivity index (χ3n) is 8.72. The average Bonchev–Trinajstić information content (AvgIpc) is 3.11. The molecule has 52 heavy (non-hydrogen) atoms. The Kier molecular flexibility index (Phi) is 29.4. The van der Waals surface area contributed by atoms with E-state index in [-0.39, 0.29) is 19.6 Å². The Hall–Kier alpha value is -1.68. The van der Waals surface area contributed by atoms with E-state index in [1.54, 1.807) is 0 Å². The highest BCUT2D eigenvalue weighted by molar-refractivity contribution is 7.80. The normalized spacial score (nSPS) is 21.8. The highest BCUT2D eigenvalue weighted by Crippen LogP contribution is 2.26. The first-order valence-electron chi connectivity index (χ1n) is 19.7. The Morgan fingerprint density at radius 1 is 0.731 bits per heavy atom. The molecule has 0 radical (unpaired) electrons. The third kappa shape index (κ3) is 25.4. The molecule has 1 rings (SSSR count). The van der Waals surface area contributed by atoms with Crippen LogP contribution in [-0.2, 0) is 38.3 Å². The summed E-state index contributed by atoms with van der Waals surface area (Å²) in [6.45, 7) is 3.83. The number of esters is 1. The molecule has 12 nitrogen and oxygen atoms in total. The van der Waals surface area contributed by atoms with Gasteiger partial charge in [-0.3, -0.25) is 9.35 Å². The van der Waals surface area contributed by atoms with Gasteiger partial charge in [0.15, 0.2) is 6.29 Å². The van der Waals surface area contributed by atoms with E-state index in [2.05, 4.69) is 54.5 Å². The van der Waals surface area contributed by atoms with Crippen molar-refractivity contribution in [2.75, 3.05) is 26.4 Å². The molecule has 13 heteroatoms. The van der Waals surface area contributed by atoms with Crippen LogP contribution in [0.4, 0.5) is 0 Å². The lowest BCUT2D eigenvalue weighted by Gasteiger charge is -2.41. The molecule has 0 aromatic heterocycles. The molecule has 0 saturated carbocycles. The minimum atomic E-state index is -5.06. The van der Waals surface area contributed by atoms with Gasteiger partial charge in [-0.1, -0.05) is 115 Å². The molecule has 1 aliphatic heterocycles. The zero-order chi connectivity index (χ0) is 38.3. The summed E-state index contributed by atoms with van der Waals surface area (Å²) in [4.78, 5) is 12.8. The Labute approximate surface area is 313 Å². The second-order valence-corrected chi connectivity index (χ2v) is 14.6. The van der Waals surface area contributed by atoms with Gasteiger partial charge < -0.3 is 34.3 Å². The molecular formula is C39H70O12S. The lowest BCUT2D eigenvalue weighted by atomic mass is 9.99. The largest absolute Gasteiger partial charge is 0.457 e. The molecule has 1 heterocycles. The fourth-order valence-electron chi connectivity index (χ4n) is 5.69. The van der Waals surface area contributed by atoms with E-state index < -0.39 is 59.8 Å². The number of aliphatic hydroxyl groups excluding tert-OH is 3. The molecule has 1 saturated heterocycles. The molecule has 6 atom stereocenters. The summed E-state index contributed by atoms with van der Waals surface area (Å²) in [5, 5.41) is 30.5. The number of allylic oxidation sites excluding steroid dienone is 6. The predicted molar refractivity (Wildman–Crippen MR) is 202 cm³/mol. The molecular weight excluding hydrogens is 692 g/mol. The minimum absolute atomic E-state index is 0.0255. The monoisotopic (exact) mass is 762 g/mol. The van der Waals surface area contributed by atoms with Crippen molar-refractivity contribution in [1.82, 2.24) is 0 Å². The lowest BCUT2D eigenvalue weighted by Crippen LogP contribution is -2.60. The summed E-state index contributed by atoms with van der Waals surface area (Å²) < 4.78 is 58.7. The highest BCUT2D eigenvalue weighted by Gasteiger charge is 2.48. The first kappa shape index (κ1) is 48.3. The van der Waals surface area contributed by atoms with E-state index in [4.69, 9.17) is 23.5 Å². The second kappa shape index (κ2) is 31.6. The summed E-state index contributed by atoms with van der Waals surface area (Å²) in [6, 6.07) is 0. The fourth-order valence-corrected chi connectivity index (χ4v) is 6.20. The fraction of sp³-hybridized carbons (Fsp3) is 0.821. The molecule has 304 valence electrons. The van der Waals surface area contributed by atoms with Gasteiger partial charge in [-0.15, -0.1) is 0 Å². The van der Waals surface area contributed by atoms with Crippen molar-refractivity contribution >= 4 is 16.4 Å². The van der Waals surface area contributed by atoms with Gasteiger partial charge in [-0.25, -0.2) is 4.18 Å². The van der Waals surface area contributed by atoms with E-state index >= 15 is 0 Å². The number of hydrogen-bond acceptors (Lipinski definition) is 11. The Morgan fingerprint density at radius 2 is 1.31 bits per heavy atom. The number of unbranched alkanes of at least 4 members (excludes halogenated alkanes) is 14. The number of hydrogen-bond donors (Lipinski definition) is 4. The highest BCUT2D eigenvalue weighted by atomic mass is 32.3. The van der Waals surface area contributed by atoms with Crippen molar-refractivity contribution in [3.63, 3.8) is 0 Å². The van der Waals surface area contributed by atoms with Crippen molar-refractivity contribution in [1.29, 1.82) is 0 Å². The van der Waals surface area contributed by atoms with Crippen molar-refractivity contribution < 1.29 is 56.2 Å². The van der Waals surface area contributed by atoms with Crippen LogP contribution in [0.1, 0.15) is 142 Å². The molecule has 1 aliphatic rings. The molecule has 4 N–H and O–H groups in total. The van der Waals surface area contributed by atoms with Crippen molar-refractivity contribution in [2.45, 2.75) is 179 Å². The zero-order valence-electron chi connectivity index (χ0n) is 31.9. The van der Waals surface area contributed by atoms with E-state index in [0.29, 0.717) is 13.0 Å². The summed E-state index contributed by atoms with van der Waals surface area (Å²) in [5.74, 6) is -0.419. The van der Waals surface area contributed by atoms with Crippen molar-refractivity contribution in [2.24, 2.45) is 0 Å². The summed E-state index contributed by atoms with van der Waals surface area (Å²) >= 11 is 0. The van der Waals surface area contributed by atoms with Gasteiger partial charge >= 0.3 is 16.4 Å². The van der Waals surface area contributed by atoms with E-state index in [0.717, 1.165) is 77.0 Å². The third-order valence-corrected chi connectivity index (χ3v) is 9.18. The quantitative estimate of drug-likeness (QED) is 0.0232. The molecule has 0 amide bonds. The van der Waals surface area contributed by atoms with E-state index in [1.807, 2.05) is 0 Å². The minimum Gasteiger partial charge on any atom is -0.457 e. The molecule has 0 aromatic rings. The Morgan fingerprint density at radius 3 is 1.92 bits per heavy atom. The van der Waals surface area contributed by atoms with Crippen LogP contribution in [0.25, 0.3) is 0 Å². The first-order valence-corrected chi connectivity index (χ1v) is 21.1. The molecule has 0 spiro atoms. The number of rotatable bonds is 33. The number of ether oxygens (including phenoxy) is 4. The number of carbonyl (C=O) groups excluding carboxylic acids is 1. The maximum Gasteiger partial charge on any atom is 0.397 e. The number of aliphatic hydroxyl groups is 3. The Balaban J connectivity index is 2.52. The molecule has 0 bridgehead atoms. The van der Waals surface area contributed by atoms with Gasteiger partial charge in [0.1, 0.15) is 30.5 Å². The average molecular weight is 763 g/mol. The molecule has 6 unspecified atom stereocenters. The predicted octanol–water partition coefficient (Wildman–Crippen LogP) is 7.07. The van der Waals surface area contributed by atoms with Crippen LogP contribution in [0.5, 0.6) is 0 Å². The smallest absolute Gasteiger partial charge is 0.397 e. The van der Waals surface area contributed by atoms with E-state index in [1.165, 1.54) is 38.5 Å². The number of carbonyl (C=O) groups is 1. The maximum absolute atomic E-state index is 12.8. The lowest BCUT2D eigenvalue weighted by molar-refractivity contribution is -0.301. The zero-order valence-corrected chi connectivity index (χ0v) is 32.7. The van der Waals surface area contributed by atoms with Crippen LogP contribution in [-0.4, -0.2) is 97.5 Å². The van der Waals surface area contributed by atoms with Gasteiger partial charge in [-0.05, 0) is 57.8 Å². The van der Waals surface area contributed by atoms with Crippen LogP contribution in [0, 0.1) is 0 Å². The van der Waals surface area contributed by atoms with Gasteiger partial charge in [0, 0.05) is 13.0 Å². The van der Waals surface area contributed by atoms with Crippen LogP contribution in [0.15, 0.2) is 36.5 Å².